The van der Waals surface area contributed by atoms with E-state index in [4.69, 9.17) is 19.9 Å². The number of ketones is 1. The SMILES string of the molecule is CCCCCOC(=O)C1=C(C)O[C@@]23OC(N)=C(C#N)[C@]12C(=O)c1ccccc13. The van der Waals surface area contributed by atoms with Crippen molar-refractivity contribution in [2.75, 3.05) is 6.61 Å². The summed E-state index contributed by atoms with van der Waals surface area (Å²) < 4.78 is 17.3. The average molecular weight is 380 g/mol. The fourth-order valence-corrected chi connectivity index (χ4v) is 4.43. The third-order valence-electron chi connectivity index (χ3n) is 5.56. The summed E-state index contributed by atoms with van der Waals surface area (Å²) in [6, 6.07) is 8.73. The molecule has 0 unspecified atom stereocenters. The van der Waals surface area contributed by atoms with Gasteiger partial charge in [0.05, 0.1) is 6.61 Å². The first kappa shape index (κ1) is 18.1. The summed E-state index contributed by atoms with van der Waals surface area (Å²) in [6.45, 7) is 3.83. The maximum absolute atomic E-state index is 13.6. The fourth-order valence-electron chi connectivity index (χ4n) is 4.43. The third-order valence-corrected chi connectivity index (χ3v) is 5.56. The van der Waals surface area contributed by atoms with Crippen molar-refractivity contribution >= 4 is 11.8 Å². The van der Waals surface area contributed by atoms with E-state index >= 15 is 0 Å². The highest BCUT2D eigenvalue weighted by atomic mass is 16.7. The van der Waals surface area contributed by atoms with Crippen LogP contribution in [0.15, 0.2) is 47.1 Å². The Bertz CT molecular complexity index is 1000. The van der Waals surface area contributed by atoms with Gasteiger partial charge in [-0.15, -0.1) is 0 Å². The number of nitriles is 1. The lowest BCUT2D eigenvalue weighted by atomic mass is 9.69. The molecular weight excluding hydrogens is 360 g/mol. The van der Waals surface area contributed by atoms with Gasteiger partial charge in [0.1, 0.15) is 23.0 Å². The van der Waals surface area contributed by atoms with Crippen molar-refractivity contribution in [3.63, 3.8) is 0 Å². The van der Waals surface area contributed by atoms with Crippen LogP contribution in [-0.4, -0.2) is 18.4 Å². The molecule has 3 aliphatic rings. The van der Waals surface area contributed by atoms with Gasteiger partial charge < -0.3 is 19.9 Å². The van der Waals surface area contributed by atoms with Crippen molar-refractivity contribution in [2.24, 2.45) is 11.1 Å². The third kappa shape index (κ3) is 1.92. The highest BCUT2D eigenvalue weighted by Crippen LogP contribution is 2.69. The molecule has 2 N–H and O–H groups in total. The number of nitrogens with two attached hydrogens (primary N) is 1. The maximum Gasteiger partial charge on any atom is 0.339 e. The molecule has 0 bridgehead atoms. The number of carbonyl (C=O) groups is 2. The first-order valence-corrected chi connectivity index (χ1v) is 9.26. The van der Waals surface area contributed by atoms with E-state index in [0.717, 1.165) is 12.8 Å². The molecule has 7 heteroatoms. The fraction of sp³-hybridized carbons (Fsp3) is 0.381. The van der Waals surface area contributed by atoms with E-state index < -0.39 is 23.0 Å². The van der Waals surface area contributed by atoms with Crippen LogP contribution in [0.1, 0.15) is 49.0 Å². The number of allylic oxidation sites excluding steroid dienone is 1. The number of nitrogens with zero attached hydrogens (tertiary/aromatic N) is 1. The summed E-state index contributed by atoms with van der Waals surface area (Å²) >= 11 is 0. The smallest absolute Gasteiger partial charge is 0.339 e. The number of esters is 1. The highest BCUT2D eigenvalue weighted by Gasteiger charge is 2.80. The van der Waals surface area contributed by atoms with E-state index in [0.29, 0.717) is 17.5 Å². The summed E-state index contributed by atoms with van der Waals surface area (Å²) in [6.07, 6.45) is 2.61. The molecule has 2 heterocycles. The Labute approximate surface area is 162 Å². The van der Waals surface area contributed by atoms with Crippen LogP contribution in [0.4, 0.5) is 0 Å². The quantitative estimate of drug-likeness (QED) is 0.617. The number of hydrogen-bond acceptors (Lipinski definition) is 7. The van der Waals surface area contributed by atoms with Gasteiger partial charge in [-0.05, 0) is 13.3 Å². The van der Waals surface area contributed by atoms with Gasteiger partial charge in [-0.2, -0.15) is 5.26 Å². The molecule has 0 saturated carbocycles. The van der Waals surface area contributed by atoms with Crippen molar-refractivity contribution in [3.8, 4) is 6.07 Å². The minimum absolute atomic E-state index is 0.0119. The summed E-state index contributed by atoms with van der Waals surface area (Å²) in [5.74, 6) is -2.84. The van der Waals surface area contributed by atoms with E-state index in [-0.39, 0.29) is 29.4 Å². The zero-order chi connectivity index (χ0) is 20.1. The summed E-state index contributed by atoms with van der Waals surface area (Å²) in [4.78, 5) is 26.6. The Kier molecular flexibility index (Phi) is 3.96. The summed E-state index contributed by atoms with van der Waals surface area (Å²) in [5.41, 5.74) is 4.83. The minimum Gasteiger partial charge on any atom is -0.462 e. The molecule has 2 aliphatic heterocycles. The summed E-state index contributed by atoms with van der Waals surface area (Å²) in [7, 11) is 0. The number of unbranched alkanes of at least 4 members (excludes halogenated alkanes) is 2. The van der Waals surface area contributed by atoms with Crippen molar-refractivity contribution in [1.82, 2.24) is 0 Å². The van der Waals surface area contributed by atoms with Crippen molar-refractivity contribution in [2.45, 2.75) is 38.9 Å². The molecule has 0 radical (unpaired) electrons. The Balaban J connectivity index is 1.87. The number of Topliss-reactive ketones (excluding diaryl/α,β-unsaturated/α-hetero) is 1. The highest BCUT2D eigenvalue weighted by molar-refractivity contribution is 6.16. The van der Waals surface area contributed by atoms with Gasteiger partial charge >= 0.3 is 11.8 Å². The van der Waals surface area contributed by atoms with E-state index in [1.54, 1.807) is 31.2 Å². The molecule has 2 atom stereocenters. The number of benzene rings is 1. The van der Waals surface area contributed by atoms with Crippen molar-refractivity contribution < 1.29 is 23.8 Å². The van der Waals surface area contributed by atoms with Crippen LogP contribution >= 0.6 is 0 Å². The molecule has 0 aromatic heterocycles. The van der Waals surface area contributed by atoms with Gasteiger partial charge in [0, 0.05) is 11.1 Å². The van der Waals surface area contributed by atoms with Crippen LogP contribution in [0.2, 0.25) is 0 Å². The lowest BCUT2D eigenvalue weighted by molar-refractivity contribution is -0.199. The van der Waals surface area contributed by atoms with Crippen LogP contribution in [0, 0.1) is 16.7 Å². The number of carbonyl (C=O) groups excluding carboxylic acids is 2. The standard InChI is InChI=1S/C21H20N2O5/c1-3-4-7-10-26-19(25)16-12(2)27-21-14-9-6-5-8-13(14)17(24)20(16,21)15(11-22)18(23)28-21/h5-6,8-9H,3-4,7,10,23H2,1-2H3/t20-,21+/m1/s1. The first-order valence-electron chi connectivity index (χ1n) is 9.26. The molecule has 0 saturated heterocycles. The van der Waals surface area contributed by atoms with Crippen molar-refractivity contribution in [1.29, 1.82) is 5.26 Å². The Morgan fingerprint density at radius 3 is 2.75 bits per heavy atom. The lowest BCUT2D eigenvalue weighted by Gasteiger charge is -2.31. The van der Waals surface area contributed by atoms with Gasteiger partial charge in [-0.1, -0.05) is 44.0 Å². The number of fused-ring (bicyclic) bond motifs is 1. The van der Waals surface area contributed by atoms with E-state index in [2.05, 4.69) is 0 Å². The van der Waals surface area contributed by atoms with Gasteiger partial charge in [0.2, 0.25) is 5.88 Å². The Morgan fingerprint density at radius 2 is 2.04 bits per heavy atom. The zero-order valence-electron chi connectivity index (χ0n) is 15.7. The Morgan fingerprint density at radius 1 is 1.29 bits per heavy atom. The second kappa shape index (κ2) is 6.13. The first-order chi connectivity index (χ1) is 13.5. The van der Waals surface area contributed by atoms with Crippen LogP contribution in [-0.2, 0) is 24.8 Å². The molecule has 1 aromatic carbocycles. The second-order valence-electron chi connectivity index (χ2n) is 7.07. The topological polar surface area (TPSA) is 112 Å². The van der Waals surface area contributed by atoms with Gasteiger partial charge in [0.15, 0.2) is 11.2 Å². The molecule has 1 aromatic rings. The van der Waals surface area contributed by atoms with Gasteiger partial charge in [0.25, 0.3) is 0 Å². The largest absolute Gasteiger partial charge is 0.462 e. The number of rotatable bonds is 5. The normalized spacial score (nSPS) is 27.0. The molecule has 4 rings (SSSR count). The Hall–Kier alpha value is -3.27. The second-order valence-corrected chi connectivity index (χ2v) is 7.07. The maximum atomic E-state index is 13.6. The van der Waals surface area contributed by atoms with Crippen LogP contribution < -0.4 is 5.73 Å². The van der Waals surface area contributed by atoms with Gasteiger partial charge in [-0.25, -0.2) is 4.79 Å². The predicted octanol–water partition coefficient (Wildman–Crippen LogP) is 2.78. The molecule has 0 fully saturated rings. The van der Waals surface area contributed by atoms with Crippen LogP contribution in [0.3, 0.4) is 0 Å². The van der Waals surface area contributed by atoms with Gasteiger partial charge in [-0.3, -0.25) is 4.79 Å². The number of ether oxygens (including phenoxy) is 3. The molecule has 0 spiro atoms. The molecular formula is C21H20N2O5. The van der Waals surface area contributed by atoms with Crippen LogP contribution in [0.5, 0.6) is 0 Å². The van der Waals surface area contributed by atoms with E-state index in [1.165, 1.54) is 0 Å². The minimum atomic E-state index is -1.78. The van der Waals surface area contributed by atoms with E-state index in [9.17, 15) is 14.9 Å². The molecule has 144 valence electrons. The zero-order valence-corrected chi connectivity index (χ0v) is 15.7. The number of hydrogen-bond donors (Lipinski definition) is 1. The molecule has 28 heavy (non-hydrogen) atoms. The predicted molar refractivity (Wildman–Crippen MR) is 97.1 cm³/mol. The lowest BCUT2D eigenvalue weighted by Crippen LogP contribution is -2.45. The molecule has 0 amide bonds. The molecule has 1 aliphatic carbocycles. The van der Waals surface area contributed by atoms with Crippen LogP contribution in [0.25, 0.3) is 0 Å². The summed E-state index contributed by atoms with van der Waals surface area (Å²) in [5, 5.41) is 9.80. The van der Waals surface area contributed by atoms with Crippen molar-refractivity contribution in [3.05, 3.63) is 58.2 Å². The van der Waals surface area contributed by atoms with E-state index in [1.807, 2.05) is 13.0 Å². The monoisotopic (exact) mass is 380 g/mol. The molecule has 7 nitrogen and oxygen atoms in total. The average Bonchev–Trinajstić information content (AvgIpc) is 3.15.